The predicted octanol–water partition coefficient (Wildman–Crippen LogP) is 16.8. The van der Waals surface area contributed by atoms with Crippen molar-refractivity contribution in [2.75, 3.05) is 13.1 Å². The molecule has 0 bridgehead atoms. The number of nitrogens with zero attached hydrogens (tertiary/aromatic N) is 1. The van der Waals surface area contributed by atoms with E-state index >= 15 is 0 Å². The van der Waals surface area contributed by atoms with Crippen LogP contribution in [0.2, 0.25) is 0 Å². The molecule has 0 aliphatic rings. The molecule has 0 aliphatic carbocycles. The number of carboxylic acid groups (broad SMARTS) is 1. The van der Waals surface area contributed by atoms with E-state index < -0.39 is 5.97 Å². The third kappa shape index (κ3) is 39.0. The van der Waals surface area contributed by atoms with Crippen LogP contribution in [0.15, 0.2) is 0 Å². The van der Waals surface area contributed by atoms with Gasteiger partial charge >= 0.3 is 5.97 Å². The summed E-state index contributed by atoms with van der Waals surface area (Å²) in [5.41, 5.74) is 0. The Morgan fingerprint density at radius 3 is 0.725 bits per heavy atom. The zero-order valence-corrected chi connectivity index (χ0v) is 35.8. The number of hydrogen-bond donors (Lipinski definition) is 1. The van der Waals surface area contributed by atoms with Crippen LogP contribution in [0.5, 0.6) is 0 Å². The van der Waals surface area contributed by atoms with E-state index in [0.717, 1.165) is 45.2 Å². The topological polar surface area (TPSA) is 40.5 Å². The highest BCUT2D eigenvalue weighted by atomic mass is 16.4. The maximum absolute atomic E-state index is 12.2. The highest BCUT2D eigenvalue weighted by molar-refractivity contribution is 5.73. The molecule has 3 nitrogen and oxygen atoms in total. The lowest BCUT2D eigenvalue weighted by Gasteiger charge is -2.29. The second-order valence-electron chi connectivity index (χ2n) is 16.8. The number of unbranched alkanes of at least 4 members (excludes halogenated alkanes) is 37. The Kier molecular flexibility index (Phi) is 43.3. The highest BCUT2D eigenvalue weighted by Crippen LogP contribution is 2.18. The minimum atomic E-state index is -0.598. The molecule has 0 amide bonds. The van der Waals surface area contributed by atoms with Gasteiger partial charge in [0, 0.05) is 0 Å². The Labute approximate surface area is 323 Å². The molecule has 0 aromatic heterocycles. The molecule has 0 heterocycles. The van der Waals surface area contributed by atoms with Crippen molar-refractivity contribution in [3.63, 3.8) is 0 Å². The van der Waals surface area contributed by atoms with Gasteiger partial charge < -0.3 is 5.11 Å². The lowest BCUT2D eigenvalue weighted by Crippen LogP contribution is -2.42. The average molecular weight is 720 g/mol. The Bertz CT molecular complexity index is 609. The molecule has 0 rings (SSSR count). The van der Waals surface area contributed by atoms with Crippen LogP contribution >= 0.6 is 0 Å². The molecule has 51 heavy (non-hydrogen) atoms. The van der Waals surface area contributed by atoms with Gasteiger partial charge in [0.1, 0.15) is 6.04 Å². The van der Waals surface area contributed by atoms with Gasteiger partial charge in [-0.3, -0.25) is 9.69 Å². The van der Waals surface area contributed by atoms with Gasteiger partial charge in [0.05, 0.1) is 0 Å². The number of carboxylic acids is 1. The normalized spacial score (nSPS) is 12.3. The minimum Gasteiger partial charge on any atom is -0.480 e. The van der Waals surface area contributed by atoms with Gasteiger partial charge in [-0.2, -0.15) is 0 Å². The van der Waals surface area contributed by atoms with Gasteiger partial charge in [-0.15, -0.1) is 0 Å². The summed E-state index contributed by atoms with van der Waals surface area (Å²) in [5.74, 6) is -0.598. The third-order valence-corrected chi connectivity index (χ3v) is 11.7. The molecular formula is C48H97NO2. The Morgan fingerprint density at radius 1 is 0.333 bits per heavy atom. The predicted molar refractivity (Wildman–Crippen MR) is 229 cm³/mol. The summed E-state index contributed by atoms with van der Waals surface area (Å²) in [6.45, 7) is 8.72. The summed E-state index contributed by atoms with van der Waals surface area (Å²) in [6.07, 6.45) is 56.1. The summed E-state index contributed by atoms with van der Waals surface area (Å²) in [6, 6.07) is -0.281. The largest absolute Gasteiger partial charge is 0.480 e. The Hall–Kier alpha value is -0.570. The van der Waals surface area contributed by atoms with Crippen molar-refractivity contribution in [2.45, 2.75) is 290 Å². The first-order valence-corrected chi connectivity index (χ1v) is 24.1. The molecule has 0 saturated carbocycles. The van der Waals surface area contributed by atoms with Crippen LogP contribution in [-0.2, 0) is 4.79 Å². The van der Waals surface area contributed by atoms with Gasteiger partial charge in [-0.1, -0.05) is 265 Å². The highest BCUT2D eigenvalue weighted by Gasteiger charge is 2.24. The molecule has 0 aliphatic heterocycles. The maximum atomic E-state index is 12.2. The summed E-state index contributed by atoms with van der Waals surface area (Å²) < 4.78 is 0. The van der Waals surface area contributed by atoms with Crippen molar-refractivity contribution in [2.24, 2.45) is 0 Å². The molecule has 0 spiro atoms. The fourth-order valence-corrected chi connectivity index (χ4v) is 8.07. The fourth-order valence-electron chi connectivity index (χ4n) is 8.07. The van der Waals surface area contributed by atoms with Crippen molar-refractivity contribution in [3.05, 3.63) is 0 Å². The Balaban J connectivity index is 3.81. The van der Waals surface area contributed by atoms with Crippen LogP contribution in [0.4, 0.5) is 0 Å². The van der Waals surface area contributed by atoms with Crippen LogP contribution in [0.25, 0.3) is 0 Å². The lowest BCUT2D eigenvalue weighted by atomic mass is 10.0. The third-order valence-electron chi connectivity index (χ3n) is 11.7. The standard InChI is InChI=1S/C48H97NO2/c1-4-7-10-12-14-16-18-20-22-24-26-28-30-32-34-36-38-40-42-45-49(47(48(50)51)44-9-6-3)46-43-41-39-37-35-33-31-29-27-25-23-21-19-17-15-13-11-8-5-2/h47H,4-46H2,1-3H3,(H,50,51). The van der Waals surface area contributed by atoms with Crippen molar-refractivity contribution in [1.29, 1.82) is 0 Å². The molecule has 0 saturated heterocycles. The van der Waals surface area contributed by atoms with Crippen LogP contribution < -0.4 is 0 Å². The first-order valence-electron chi connectivity index (χ1n) is 24.1. The number of carbonyl (C=O) groups is 1. The summed E-state index contributed by atoms with van der Waals surface area (Å²) in [5, 5.41) is 10.0. The van der Waals surface area contributed by atoms with E-state index in [0.29, 0.717) is 0 Å². The fraction of sp³-hybridized carbons (Fsp3) is 0.979. The first kappa shape index (κ1) is 50.4. The van der Waals surface area contributed by atoms with E-state index in [2.05, 4.69) is 25.7 Å². The number of rotatable bonds is 45. The van der Waals surface area contributed by atoms with E-state index in [-0.39, 0.29) is 6.04 Å². The van der Waals surface area contributed by atoms with Crippen molar-refractivity contribution in [1.82, 2.24) is 4.90 Å². The average Bonchev–Trinajstić information content (AvgIpc) is 3.13. The van der Waals surface area contributed by atoms with Crippen LogP contribution in [-0.4, -0.2) is 35.1 Å². The monoisotopic (exact) mass is 720 g/mol. The number of aliphatic carboxylic acids is 1. The van der Waals surface area contributed by atoms with Crippen molar-refractivity contribution >= 4 is 5.97 Å². The SMILES string of the molecule is CCCCCCCCCCCCCCCCCCCCCN(CCCCCCCCCCCCCCCCCCCCC)C(CCCC)C(=O)O. The number of hydrogen-bond acceptors (Lipinski definition) is 2. The second-order valence-corrected chi connectivity index (χ2v) is 16.8. The summed E-state index contributed by atoms with van der Waals surface area (Å²) >= 11 is 0. The quantitative estimate of drug-likeness (QED) is 0.0637. The molecule has 0 radical (unpaired) electrons. The van der Waals surface area contributed by atoms with E-state index in [1.165, 1.54) is 231 Å². The van der Waals surface area contributed by atoms with E-state index in [4.69, 9.17) is 0 Å². The molecule has 1 atom stereocenters. The summed E-state index contributed by atoms with van der Waals surface area (Å²) in [7, 11) is 0. The molecule has 1 unspecified atom stereocenters. The van der Waals surface area contributed by atoms with Crippen LogP contribution in [0, 0.1) is 0 Å². The molecule has 0 aromatic carbocycles. The minimum absolute atomic E-state index is 0.281. The van der Waals surface area contributed by atoms with E-state index in [1.54, 1.807) is 0 Å². The molecule has 0 aromatic rings. The van der Waals surface area contributed by atoms with Gasteiger partial charge in [0.25, 0.3) is 0 Å². The van der Waals surface area contributed by atoms with Crippen LogP contribution in [0.1, 0.15) is 284 Å². The lowest BCUT2D eigenvalue weighted by molar-refractivity contribution is -0.143. The van der Waals surface area contributed by atoms with E-state index in [1.807, 2.05) is 0 Å². The zero-order valence-electron chi connectivity index (χ0n) is 35.8. The van der Waals surface area contributed by atoms with Gasteiger partial charge in [-0.25, -0.2) is 0 Å². The zero-order chi connectivity index (χ0) is 37.1. The van der Waals surface area contributed by atoms with Gasteiger partial charge in [0.2, 0.25) is 0 Å². The Morgan fingerprint density at radius 2 is 0.529 bits per heavy atom. The van der Waals surface area contributed by atoms with Crippen molar-refractivity contribution < 1.29 is 9.90 Å². The summed E-state index contributed by atoms with van der Waals surface area (Å²) in [4.78, 5) is 14.6. The second kappa shape index (κ2) is 43.8. The molecule has 1 N–H and O–H groups in total. The van der Waals surface area contributed by atoms with Crippen LogP contribution in [0.3, 0.4) is 0 Å². The molecular weight excluding hydrogens is 623 g/mol. The maximum Gasteiger partial charge on any atom is 0.320 e. The van der Waals surface area contributed by atoms with Gasteiger partial charge in [0.15, 0.2) is 0 Å². The van der Waals surface area contributed by atoms with Gasteiger partial charge in [-0.05, 0) is 32.4 Å². The molecule has 306 valence electrons. The van der Waals surface area contributed by atoms with E-state index in [9.17, 15) is 9.90 Å². The molecule has 3 heteroatoms. The molecule has 0 fully saturated rings. The smallest absolute Gasteiger partial charge is 0.320 e. The van der Waals surface area contributed by atoms with Crippen molar-refractivity contribution in [3.8, 4) is 0 Å². The first-order chi connectivity index (χ1) is 25.2.